The molecule has 1 rings (SSSR count). The normalized spacial score (nSPS) is 12.5. The molecule has 0 radical (unpaired) electrons. The van der Waals surface area contributed by atoms with Gasteiger partial charge >= 0.3 is 5.97 Å². The number of hydrogen-bond donors (Lipinski definition) is 2. The Morgan fingerprint density at radius 2 is 1.94 bits per heavy atom. The molecule has 0 spiro atoms. The second-order valence-electron chi connectivity index (χ2n) is 3.55. The summed E-state index contributed by atoms with van der Waals surface area (Å²) in [6.45, 7) is -0.314. The summed E-state index contributed by atoms with van der Waals surface area (Å²) in [5, 5.41) is 7.53. The number of carboxylic acid groups (broad SMARTS) is 1. The number of sulfonamides is 1. The van der Waals surface area contributed by atoms with Crippen LogP contribution in [0.2, 0.25) is 0 Å². The van der Waals surface area contributed by atoms with Crippen molar-refractivity contribution in [2.45, 2.75) is 6.54 Å². The Balaban J connectivity index is 2.67. The van der Waals surface area contributed by atoms with Crippen molar-refractivity contribution < 1.29 is 31.2 Å². The maximum Gasteiger partial charge on any atom is 0.371 e. The lowest BCUT2D eigenvalue weighted by Gasteiger charge is -2.03. The van der Waals surface area contributed by atoms with Crippen LogP contribution in [0.4, 0.5) is 0 Å². The molecule has 10 heteroatoms. The average molecular weight is 297 g/mol. The van der Waals surface area contributed by atoms with Crippen LogP contribution < -0.4 is 4.72 Å². The van der Waals surface area contributed by atoms with Crippen LogP contribution in [0.3, 0.4) is 0 Å². The lowest BCUT2D eigenvalue weighted by atomic mass is 10.4. The monoisotopic (exact) mass is 297 g/mol. The summed E-state index contributed by atoms with van der Waals surface area (Å²) in [6, 6.07) is 2.45. The van der Waals surface area contributed by atoms with Gasteiger partial charge in [-0.2, -0.15) is 0 Å². The maximum absolute atomic E-state index is 11.3. The SMILES string of the molecule is CS(=O)(=O)CS(=O)(=O)NCc1ccc(C(=O)O)o1. The van der Waals surface area contributed by atoms with Gasteiger partial charge in [-0.15, -0.1) is 0 Å². The van der Waals surface area contributed by atoms with Gasteiger partial charge in [-0.1, -0.05) is 0 Å². The molecule has 0 aliphatic heterocycles. The third kappa shape index (κ3) is 4.85. The van der Waals surface area contributed by atoms with Crippen molar-refractivity contribution in [3.8, 4) is 0 Å². The van der Waals surface area contributed by atoms with Crippen molar-refractivity contribution in [1.29, 1.82) is 0 Å². The van der Waals surface area contributed by atoms with E-state index in [1.165, 1.54) is 12.1 Å². The van der Waals surface area contributed by atoms with E-state index < -0.39 is 30.9 Å². The highest BCUT2D eigenvalue weighted by atomic mass is 32.3. The van der Waals surface area contributed by atoms with Crippen molar-refractivity contribution in [2.75, 3.05) is 11.3 Å². The van der Waals surface area contributed by atoms with Gasteiger partial charge in [0.1, 0.15) is 5.76 Å². The van der Waals surface area contributed by atoms with Crippen LogP contribution in [0.25, 0.3) is 0 Å². The molecule has 102 valence electrons. The van der Waals surface area contributed by atoms with Crippen molar-refractivity contribution in [3.63, 3.8) is 0 Å². The highest BCUT2D eigenvalue weighted by Gasteiger charge is 2.18. The molecule has 1 aromatic heterocycles. The Bertz CT molecular complexity index is 641. The minimum absolute atomic E-state index is 0.0736. The zero-order valence-corrected chi connectivity index (χ0v) is 10.9. The summed E-state index contributed by atoms with van der Waals surface area (Å²) < 4.78 is 51.1. The molecule has 0 aliphatic rings. The number of hydrogen-bond acceptors (Lipinski definition) is 6. The topological polar surface area (TPSA) is 131 Å². The predicted molar refractivity (Wildman–Crippen MR) is 61.1 cm³/mol. The molecular formula is C8H11NO7S2. The minimum atomic E-state index is -3.99. The molecule has 0 unspecified atom stereocenters. The molecule has 0 atom stereocenters. The van der Waals surface area contributed by atoms with E-state index in [2.05, 4.69) is 0 Å². The van der Waals surface area contributed by atoms with E-state index in [4.69, 9.17) is 9.52 Å². The fourth-order valence-corrected chi connectivity index (χ4v) is 4.04. The number of furan rings is 1. The fraction of sp³-hybridized carbons (Fsp3) is 0.375. The molecule has 1 heterocycles. The quantitative estimate of drug-likeness (QED) is 0.716. The van der Waals surface area contributed by atoms with Crippen molar-refractivity contribution in [2.24, 2.45) is 0 Å². The van der Waals surface area contributed by atoms with Crippen LogP contribution in [0, 0.1) is 0 Å². The van der Waals surface area contributed by atoms with Gasteiger partial charge in [0, 0.05) is 6.26 Å². The van der Waals surface area contributed by atoms with Gasteiger partial charge in [-0.3, -0.25) is 0 Å². The summed E-state index contributed by atoms with van der Waals surface area (Å²) in [7, 11) is -7.66. The van der Waals surface area contributed by atoms with Crippen LogP contribution >= 0.6 is 0 Å². The summed E-state index contributed by atoms with van der Waals surface area (Å²) in [5.74, 6) is -1.53. The van der Waals surface area contributed by atoms with Crippen LogP contribution in [-0.2, 0) is 26.4 Å². The Kier molecular flexibility index (Phi) is 4.14. The molecule has 1 aromatic rings. The standard InChI is InChI=1S/C8H11NO7S2/c1-17(12,13)5-18(14,15)9-4-6-2-3-7(16-6)8(10)11/h2-3,9H,4-5H2,1H3,(H,10,11). The second-order valence-corrected chi connectivity index (χ2v) is 7.86. The van der Waals surface area contributed by atoms with Crippen molar-refractivity contribution in [3.05, 3.63) is 23.7 Å². The molecular weight excluding hydrogens is 286 g/mol. The van der Waals surface area contributed by atoms with Gasteiger partial charge in [0.2, 0.25) is 15.8 Å². The summed E-state index contributed by atoms with van der Waals surface area (Å²) in [6.07, 6.45) is 0.793. The Labute approximate surface area is 104 Å². The van der Waals surface area contributed by atoms with Gasteiger partial charge in [-0.05, 0) is 12.1 Å². The molecule has 0 saturated carbocycles. The van der Waals surface area contributed by atoms with E-state index in [0.717, 1.165) is 6.26 Å². The molecule has 0 aliphatic carbocycles. The van der Waals surface area contributed by atoms with E-state index >= 15 is 0 Å². The first-order valence-electron chi connectivity index (χ1n) is 4.56. The van der Waals surface area contributed by atoms with E-state index in [1.807, 2.05) is 4.72 Å². The first kappa shape index (κ1) is 14.7. The molecule has 0 aromatic carbocycles. The van der Waals surface area contributed by atoms with Crippen LogP contribution in [0.15, 0.2) is 16.5 Å². The largest absolute Gasteiger partial charge is 0.475 e. The predicted octanol–water partition coefficient (Wildman–Crippen LogP) is -0.601. The number of rotatable bonds is 6. The molecule has 0 amide bonds. The molecule has 0 saturated heterocycles. The summed E-state index contributed by atoms with van der Waals surface area (Å²) in [4.78, 5) is 10.5. The number of carbonyl (C=O) groups is 1. The second kappa shape index (κ2) is 5.08. The lowest BCUT2D eigenvalue weighted by Crippen LogP contribution is -2.29. The van der Waals surface area contributed by atoms with Gasteiger partial charge in [0.25, 0.3) is 0 Å². The van der Waals surface area contributed by atoms with E-state index in [1.54, 1.807) is 0 Å². The highest BCUT2D eigenvalue weighted by molar-refractivity contribution is 8.06. The molecule has 0 bridgehead atoms. The Morgan fingerprint density at radius 3 is 2.39 bits per heavy atom. The summed E-state index contributed by atoms with van der Waals surface area (Å²) >= 11 is 0. The minimum Gasteiger partial charge on any atom is -0.475 e. The number of aromatic carboxylic acids is 1. The molecule has 8 nitrogen and oxygen atoms in total. The van der Waals surface area contributed by atoms with Crippen LogP contribution in [0.5, 0.6) is 0 Å². The first-order chi connectivity index (χ1) is 8.09. The van der Waals surface area contributed by atoms with Gasteiger partial charge in [0.05, 0.1) is 6.54 Å². The third-order valence-corrected chi connectivity index (χ3v) is 5.25. The Morgan fingerprint density at radius 1 is 1.33 bits per heavy atom. The van der Waals surface area contributed by atoms with Crippen LogP contribution in [-0.4, -0.2) is 39.3 Å². The average Bonchev–Trinajstić information content (AvgIpc) is 2.59. The smallest absolute Gasteiger partial charge is 0.371 e. The Hall–Kier alpha value is -1.39. The van der Waals surface area contributed by atoms with Crippen molar-refractivity contribution in [1.82, 2.24) is 4.72 Å². The zero-order chi connectivity index (χ0) is 14.0. The number of carboxylic acids is 1. The molecule has 18 heavy (non-hydrogen) atoms. The molecule has 0 fully saturated rings. The lowest BCUT2D eigenvalue weighted by molar-refractivity contribution is 0.0660. The van der Waals surface area contributed by atoms with Gasteiger partial charge in [0.15, 0.2) is 14.9 Å². The van der Waals surface area contributed by atoms with Crippen molar-refractivity contribution >= 4 is 25.8 Å². The van der Waals surface area contributed by atoms with Gasteiger partial charge in [-0.25, -0.2) is 26.4 Å². The van der Waals surface area contributed by atoms with E-state index in [0.29, 0.717) is 0 Å². The van der Waals surface area contributed by atoms with E-state index in [9.17, 15) is 21.6 Å². The number of nitrogens with one attached hydrogen (secondary N) is 1. The summed E-state index contributed by atoms with van der Waals surface area (Å²) in [5.41, 5.74) is 0. The van der Waals surface area contributed by atoms with Gasteiger partial charge < -0.3 is 9.52 Å². The number of sulfone groups is 1. The maximum atomic E-state index is 11.3. The highest BCUT2D eigenvalue weighted by Crippen LogP contribution is 2.08. The first-order valence-corrected chi connectivity index (χ1v) is 8.27. The fourth-order valence-electron chi connectivity index (χ4n) is 1.09. The van der Waals surface area contributed by atoms with E-state index in [-0.39, 0.29) is 18.1 Å². The zero-order valence-electron chi connectivity index (χ0n) is 9.28. The van der Waals surface area contributed by atoms with Crippen LogP contribution in [0.1, 0.15) is 16.3 Å². The molecule has 2 N–H and O–H groups in total. The third-order valence-electron chi connectivity index (χ3n) is 1.71.